The van der Waals surface area contributed by atoms with Gasteiger partial charge in [-0.05, 0) is 59.5 Å². The number of benzene rings is 4. The molecule has 1 saturated heterocycles. The van der Waals surface area contributed by atoms with E-state index in [-0.39, 0.29) is 12.1 Å². The largest absolute Gasteiger partial charge is 0.508 e. The molecule has 156 valence electrons. The van der Waals surface area contributed by atoms with Crippen LogP contribution in [0.1, 0.15) is 48.0 Å². The molecular weight excluding hydrogens is 402 g/mol. The minimum absolute atomic E-state index is 0.0340. The van der Waals surface area contributed by atoms with Crippen molar-refractivity contribution >= 4 is 22.4 Å². The summed E-state index contributed by atoms with van der Waals surface area (Å²) in [6, 6.07) is 31.3. The summed E-state index contributed by atoms with van der Waals surface area (Å²) in [6.07, 6.45) is 3.45. The molecule has 0 radical (unpaired) electrons. The number of halogens is 1. The van der Waals surface area contributed by atoms with Gasteiger partial charge in [0.25, 0.3) is 0 Å². The summed E-state index contributed by atoms with van der Waals surface area (Å²) in [5.41, 5.74) is 3.48. The molecule has 0 spiro atoms. The first-order valence-corrected chi connectivity index (χ1v) is 11.4. The van der Waals surface area contributed by atoms with Crippen LogP contribution >= 0.6 is 11.6 Å². The lowest BCUT2D eigenvalue weighted by molar-refractivity contribution is 0.112. The standard InChI is InChI=1S/C28H26ClNO/c29-23-16-13-21(14-17-23)25-12-6-7-19-30(25)28(22-9-2-1-3-10-22)27-24-11-5-4-8-20(24)15-18-26(27)31/h1-5,8-11,13-18,25,28,31H,6-7,12,19H2/t25-,28+/m1/s1. The van der Waals surface area contributed by atoms with Gasteiger partial charge in [0.15, 0.2) is 0 Å². The number of hydrogen-bond acceptors (Lipinski definition) is 2. The highest BCUT2D eigenvalue weighted by molar-refractivity contribution is 6.30. The first-order valence-electron chi connectivity index (χ1n) is 11.0. The van der Waals surface area contributed by atoms with Crippen LogP contribution < -0.4 is 0 Å². The van der Waals surface area contributed by atoms with Crippen LogP contribution in [0.4, 0.5) is 0 Å². The molecule has 0 saturated carbocycles. The average Bonchev–Trinajstić information content (AvgIpc) is 2.82. The first-order chi connectivity index (χ1) is 15.2. The second-order valence-electron chi connectivity index (χ2n) is 8.33. The topological polar surface area (TPSA) is 23.5 Å². The Labute approximate surface area is 188 Å². The van der Waals surface area contributed by atoms with Crippen LogP contribution in [0, 0.1) is 0 Å². The maximum absolute atomic E-state index is 11.1. The van der Waals surface area contributed by atoms with E-state index in [0.717, 1.165) is 40.7 Å². The Bertz CT molecular complexity index is 1170. The predicted molar refractivity (Wildman–Crippen MR) is 129 cm³/mol. The number of hydrogen-bond donors (Lipinski definition) is 1. The van der Waals surface area contributed by atoms with Crippen LogP contribution in [-0.4, -0.2) is 16.6 Å². The summed E-state index contributed by atoms with van der Waals surface area (Å²) in [7, 11) is 0. The monoisotopic (exact) mass is 427 g/mol. The molecule has 0 aromatic heterocycles. The summed E-state index contributed by atoms with van der Waals surface area (Å²) in [6.45, 7) is 0.982. The maximum Gasteiger partial charge on any atom is 0.121 e. The Morgan fingerprint density at radius 2 is 1.55 bits per heavy atom. The third-order valence-electron chi connectivity index (χ3n) is 6.47. The minimum Gasteiger partial charge on any atom is -0.508 e. The minimum atomic E-state index is -0.0340. The number of piperidine rings is 1. The van der Waals surface area contributed by atoms with Crippen LogP contribution in [0.5, 0.6) is 5.75 Å². The van der Waals surface area contributed by atoms with E-state index in [9.17, 15) is 5.11 Å². The zero-order chi connectivity index (χ0) is 21.2. The number of likely N-dealkylation sites (tertiary alicyclic amines) is 1. The lowest BCUT2D eigenvalue weighted by Gasteiger charge is -2.42. The van der Waals surface area contributed by atoms with Crippen molar-refractivity contribution in [3.05, 3.63) is 113 Å². The number of nitrogens with zero attached hydrogens (tertiary/aromatic N) is 1. The van der Waals surface area contributed by atoms with Crippen molar-refractivity contribution < 1.29 is 5.11 Å². The van der Waals surface area contributed by atoms with Crippen molar-refractivity contribution in [2.24, 2.45) is 0 Å². The third-order valence-corrected chi connectivity index (χ3v) is 6.72. The second kappa shape index (κ2) is 8.74. The highest BCUT2D eigenvalue weighted by Gasteiger charge is 2.34. The van der Waals surface area contributed by atoms with Gasteiger partial charge in [0, 0.05) is 16.6 Å². The highest BCUT2D eigenvalue weighted by Crippen LogP contribution is 2.45. The fraction of sp³-hybridized carbons (Fsp3) is 0.214. The number of phenolic OH excluding ortho intramolecular Hbond substituents is 1. The van der Waals surface area contributed by atoms with Gasteiger partial charge in [-0.1, -0.05) is 90.8 Å². The average molecular weight is 428 g/mol. The Hall–Kier alpha value is -2.81. The molecule has 0 aliphatic carbocycles. The van der Waals surface area contributed by atoms with E-state index in [2.05, 4.69) is 71.6 Å². The summed E-state index contributed by atoms with van der Waals surface area (Å²) in [4.78, 5) is 2.57. The molecule has 2 atom stereocenters. The van der Waals surface area contributed by atoms with Crippen molar-refractivity contribution in [2.45, 2.75) is 31.3 Å². The molecule has 0 bridgehead atoms. The van der Waals surface area contributed by atoms with Crippen molar-refractivity contribution in [1.82, 2.24) is 4.90 Å². The van der Waals surface area contributed by atoms with Crippen molar-refractivity contribution in [2.75, 3.05) is 6.54 Å². The van der Waals surface area contributed by atoms with Gasteiger partial charge in [-0.25, -0.2) is 0 Å². The Morgan fingerprint density at radius 1 is 0.806 bits per heavy atom. The Kier molecular flexibility index (Phi) is 5.67. The summed E-state index contributed by atoms with van der Waals surface area (Å²) < 4.78 is 0. The molecule has 4 aromatic rings. The smallest absolute Gasteiger partial charge is 0.121 e. The van der Waals surface area contributed by atoms with Crippen molar-refractivity contribution in [3.63, 3.8) is 0 Å². The number of aromatic hydroxyl groups is 1. The first kappa shape index (κ1) is 20.1. The van der Waals surface area contributed by atoms with Gasteiger partial charge in [-0.2, -0.15) is 0 Å². The van der Waals surface area contributed by atoms with Crippen LogP contribution in [0.15, 0.2) is 91.0 Å². The van der Waals surface area contributed by atoms with E-state index in [1.807, 2.05) is 24.3 Å². The summed E-state index contributed by atoms with van der Waals surface area (Å²) in [5, 5.41) is 14.1. The molecule has 31 heavy (non-hydrogen) atoms. The van der Waals surface area contributed by atoms with Gasteiger partial charge in [-0.3, -0.25) is 4.90 Å². The van der Waals surface area contributed by atoms with Crippen LogP contribution in [-0.2, 0) is 0 Å². The molecule has 1 aliphatic rings. The van der Waals surface area contributed by atoms with E-state index in [0.29, 0.717) is 5.75 Å². The van der Waals surface area contributed by atoms with Crippen LogP contribution in [0.25, 0.3) is 10.8 Å². The van der Waals surface area contributed by atoms with Crippen LogP contribution in [0.2, 0.25) is 5.02 Å². The van der Waals surface area contributed by atoms with Gasteiger partial charge in [-0.15, -0.1) is 0 Å². The molecule has 3 heteroatoms. The molecule has 1 N–H and O–H groups in total. The fourth-order valence-electron chi connectivity index (χ4n) is 5.04. The highest BCUT2D eigenvalue weighted by atomic mass is 35.5. The zero-order valence-corrected chi connectivity index (χ0v) is 18.2. The van der Waals surface area contributed by atoms with Gasteiger partial charge < -0.3 is 5.11 Å². The molecular formula is C28H26ClNO. The molecule has 1 heterocycles. The molecule has 1 fully saturated rings. The normalized spacial score (nSPS) is 18.2. The molecule has 0 unspecified atom stereocenters. The molecule has 2 nitrogen and oxygen atoms in total. The van der Waals surface area contributed by atoms with E-state index in [4.69, 9.17) is 11.6 Å². The van der Waals surface area contributed by atoms with Gasteiger partial charge in [0.05, 0.1) is 6.04 Å². The third kappa shape index (κ3) is 3.94. The Morgan fingerprint density at radius 3 is 2.35 bits per heavy atom. The zero-order valence-electron chi connectivity index (χ0n) is 17.4. The molecule has 4 aromatic carbocycles. The summed E-state index contributed by atoms with van der Waals surface area (Å²) in [5.74, 6) is 0.355. The van der Waals surface area contributed by atoms with Crippen LogP contribution in [0.3, 0.4) is 0 Å². The number of phenols is 1. The van der Waals surface area contributed by atoms with Crippen molar-refractivity contribution in [1.29, 1.82) is 0 Å². The molecule has 1 aliphatic heterocycles. The second-order valence-corrected chi connectivity index (χ2v) is 8.77. The quantitative estimate of drug-likeness (QED) is 0.364. The SMILES string of the molecule is Oc1ccc2ccccc2c1[C@H](c1ccccc1)N1CCCC[C@@H]1c1ccc(Cl)cc1. The van der Waals surface area contributed by atoms with Gasteiger partial charge in [0.1, 0.15) is 5.75 Å². The van der Waals surface area contributed by atoms with E-state index >= 15 is 0 Å². The van der Waals surface area contributed by atoms with Crippen molar-refractivity contribution in [3.8, 4) is 5.75 Å². The molecule has 5 rings (SSSR count). The lowest BCUT2D eigenvalue weighted by Crippen LogP contribution is -2.37. The molecule has 0 amide bonds. The Balaban J connectivity index is 1.70. The summed E-state index contributed by atoms with van der Waals surface area (Å²) >= 11 is 6.18. The van der Waals surface area contributed by atoms with Gasteiger partial charge in [0.2, 0.25) is 0 Å². The fourth-order valence-corrected chi connectivity index (χ4v) is 5.16. The lowest BCUT2D eigenvalue weighted by atomic mass is 9.86. The van der Waals surface area contributed by atoms with Gasteiger partial charge >= 0.3 is 0 Å². The van der Waals surface area contributed by atoms with E-state index in [1.165, 1.54) is 17.5 Å². The number of rotatable bonds is 4. The predicted octanol–water partition coefficient (Wildman–Crippen LogP) is 7.52. The van der Waals surface area contributed by atoms with E-state index < -0.39 is 0 Å². The number of fused-ring (bicyclic) bond motifs is 1. The van der Waals surface area contributed by atoms with E-state index in [1.54, 1.807) is 0 Å². The maximum atomic E-state index is 11.1.